The largest absolute Gasteiger partial charge is 0.493 e. The van der Waals surface area contributed by atoms with Crippen molar-refractivity contribution in [2.24, 2.45) is 0 Å². The molecule has 18 heavy (non-hydrogen) atoms. The van der Waals surface area contributed by atoms with Crippen LogP contribution in [0, 0.1) is 0 Å². The van der Waals surface area contributed by atoms with Gasteiger partial charge < -0.3 is 18.9 Å². The van der Waals surface area contributed by atoms with E-state index in [9.17, 15) is 0 Å². The molecule has 0 heterocycles. The summed E-state index contributed by atoms with van der Waals surface area (Å²) in [7, 11) is 4.83. The van der Waals surface area contributed by atoms with Crippen molar-refractivity contribution in [1.82, 2.24) is 0 Å². The SMILES string of the molecule is COc1cccc(OC)c1OC1CC(Cl)C1OC. The van der Waals surface area contributed by atoms with Crippen molar-refractivity contribution >= 4 is 11.6 Å². The Morgan fingerprint density at radius 3 is 2.17 bits per heavy atom. The molecule has 0 bridgehead atoms. The number of alkyl halides is 1. The van der Waals surface area contributed by atoms with Crippen LogP contribution in [-0.2, 0) is 4.74 Å². The third-order valence-corrected chi connectivity index (χ3v) is 3.53. The van der Waals surface area contributed by atoms with Crippen molar-refractivity contribution < 1.29 is 18.9 Å². The molecule has 1 fully saturated rings. The summed E-state index contributed by atoms with van der Waals surface area (Å²) in [5.74, 6) is 1.88. The van der Waals surface area contributed by atoms with Gasteiger partial charge in [-0.3, -0.25) is 0 Å². The first-order chi connectivity index (χ1) is 8.71. The summed E-state index contributed by atoms with van der Waals surface area (Å²) < 4.78 is 21.7. The Labute approximate surface area is 112 Å². The average molecular weight is 273 g/mol. The molecule has 1 aromatic rings. The van der Waals surface area contributed by atoms with E-state index < -0.39 is 0 Å². The molecule has 0 spiro atoms. The maximum absolute atomic E-state index is 6.06. The average Bonchev–Trinajstić information content (AvgIpc) is 2.38. The van der Waals surface area contributed by atoms with Crippen LogP contribution in [0.15, 0.2) is 18.2 Å². The lowest BCUT2D eigenvalue weighted by Crippen LogP contribution is -2.52. The van der Waals surface area contributed by atoms with E-state index in [0.29, 0.717) is 17.2 Å². The fraction of sp³-hybridized carbons (Fsp3) is 0.538. The Morgan fingerprint density at radius 2 is 1.72 bits per heavy atom. The number of methoxy groups -OCH3 is 3. The fourth-order valence-corrected chi connectivity index (χ4v) is 2.47. The molecule has 0 N–H and O–H groups in total. The van der Waals surface area contributed by atoms with Gasteiger partial charge in [-0.05, 0) is 12.1 Å². The standard InChI is InChI=1S/C13H17ClO4/c1-15-9-5-4-6-10(16-2)13(9)18-11-7-8(14)12(11)17-3/h4-6,8,11-12H,7H2,1-3H3. The van der Waals surface area contributed by atoms with Crippen LogP contribution in [-0.4, -0.2) is 38.9 Å². The van der Waals surface area contributed by atoms with Gasteiger partial charge in [-0.15, -0.1) is 11.6 Å². The van der Waals surface area contributed by atoms with Gasteiger partial charge in [0.05, 0.1) is 19.6 Å². The van der Waals surface area contributed by atoms with Crippen molar-refractivity contribution in [3.8, 4) is 17.2 Å². The van der Waals surface area contributed by atoms with Crippen LogP contribution < -0.4 is 14.2 Å². The fourth-order valence-electron chi connectivity index (χ4n) is 2.03. The molecule has 0 aromatic heterocycles. The van der Waals surface area contributed by atoms with Crippen molar-refractivity contribution in [3.05, 3.63) is 18.2 Å². The van der Waals surface area contributed by atoms with Crippen LogP contribution >= 0.6 is 11.6 Å². The number of ether oxygens (including phenoxy) is 4. The first kappa shape index (κ1) is 13.3. The molecule has 4 nitrogen and oxygen atoms in total. The summed E-state index contributed by atoms with van der Waals surface area (Å²) in [6, 6.07) is 5.51. The molecule has 100 valence electrons. The summed E-state index contributed by atoms with van der Waals surface area (Å²) in [5.41, 5.74) is 0. The highest BCUT2D eigenvalue weighted by atomic mass is 35.5. The van der Waals surface area contributed by atoms with Crippen molar-refractivity contribution in [1.29, 1.82) is 0 Å². The van der Waals surface area contributed by atoms with Gasteiger partial charge in [0.15, 0.2) is 11.5 Å². The van der Waals surface area contributed by atoms with Crippen LogP contribution in [0.5, 0.6) is 17.2 Å². The highest BCUT2D eigenvalue weighted by molar-refractivity contribution is 6.21. The molecule has 0 saturated heterocycles. The predicted molar refractivity (Wildman–Crippen MR) is 69.0 cm³/mol. The molecule has 1 aromatic carbocycles. The summed E-state index contributed by atoms with van der Waals surface area (Å²) in [6.45, 7) is 0. The van der Waals surface area contributed by atoms with Gasteiger partial charge in [0.1, 0.15) is 12.2 Å². The van der Waals surface area contributed by atoms with Gasteiger partial charge in [-0.25, -0.2) is 0 Å². The van der Waals surface area contributed by atoms with E-state index in [2.05, 4.69) is 0 Å². The number of para-hydroxylation sites is 1. The van der Waals surface area contributed by atoms with Crippen LogP contribution in [0.2, 0.25) is 0 Å². The molecule has 1 aliphatic rings. The maximum atomic E-state index is 6.06. The molecular formula is C13H17ClO4. The number of hydrogen-bond donors (Lipinski definition) is 0. The second-order valence-electron chi connectivity index (χ2n) is 4.10. The van der Waals surface area contributed by atoms with Crippen molar-refractivity contribution in [2.45, 2.75) is 24.0 Å². The van der Waals surface area contributed by atoms with E-state index in [1.54, 1.807) is 21.3 Å². The molecule has 0 amide bonds. The van der Waals surface area contributed by atoms with E-state index in [1.807, 2.05) is 18.2 Å². The second-order valence-corrected chi connectivity index (χ2v) is 4.66. The van der Waals surface area contributed by atoms with Gasteiger partial charge in [0, 0.05) is 13.5 Å². The molecule has 1 saturated carbocycles. The van der Waals surface area contributed by atoms with Crippen LogP contribution in [0.3, 0.4) is 0 Å². The molecule has 0 radical (unpaired) electrons. The number of benzene rings is 1. The third kappa shape index (κ3) is 2.35. The number of halogens is 1. The van der Waals surface area contributed by atoms with Gasteiger partial charge >= 0.3 is 0 Å². The van der Waals surface area contributed by atoms with Crippen LogP contribution in [0.25, 0.3) is 0 Å². The molecular weight excluding hydrogens is 256 g/mol. The van der Waals surface area contributed by atoms with E-state index in [4.69, 9.17) is 30.5 Å². The van der Waals surface area contributed by atoms with Crippen LogP contribution in [0.1, 0.15) is 6.42 Å². The summed E-state index contributed by atoms with van der Waals surface area (Å²) in [6.07, 6.45) is 0.588. The molecule has 0 aliphatic heterocycles. The normalized spacial score (nSPS) is 26.3. The molecule has 1 aliphatic carbocycles. The highest BCUT2D eigenvalue weighted by Crippen LogP contribution is 2.41. The Bertz CT molecular complexity index is 388. The minimum absolute atomic E-state index is 0.000650. The second kappa shape index (κ2) is 5.67. The molecule has 3 atom stereocenters. The molecule has 5 heteroatoms. The lowest BCUT2D eigenvalue weighted by Gasteiger charge is -2.40. The van der Waals surface area contributed by atoms with E-state index in [1.165, 1.54) is 0 Å². The first-order valence-corrected chi connectivity index (χ1v) is 6.19. The Hall–Kier alpha value is -1.13. The summed E-state index contributed by atoms with van der Waals surface area (Å²) in [5, 5.41) is 0.000650. The topological polar surface area (TPSA) is 36.9 Å². The molecule has 3 unspecified atom stereocenters. The zero-order valence-corrected chi connectivity index (χ0v) is 11.4. The first-order valence-electron chi connectivity index (χ1n) is 5.75. The van der Waals surface area contributed by atoms with Gasteiger partial charge in [0.2, 0.25) is 5.75 Å². The quantitative estimate of drug-likeness (QED) is 0.772. The zero-order valence-electron chi connectivity index (χ0n) is 10.7. The predicted octanol–water partition coefficient (Wildman–Crippen LogP) is 2.48. The minimum atomic E-state index is -0.0960. The summed E-state index contributed by atoms with van der Waals surface area (Å²) in [4.78, 5) is 0. The summed E-state index contributed by atoms with van der Waals surface area (Å²) >= 11 is 6.06. The lowest BCUT2D eigenvalue weighted by molar-refractivity contribution is -0.0598. The molecule has 2 rings (SSSR count). The van der Waals surface area contributed by atoms with E-state index in [-0.39, 0.29) is 17.6 Å². The van der Waals surface area contributed by atoms with Gasteiger partial charge in [-0.1, -0.05) is 6.07 Å². The lowest BCUT2D eigenvalue weighted by atomic mass is 9.91. The monoisotopic (exact) mass is 272 g/mol. The van der Waals surface area contributed by atoms with E-state index >= 15 is 0 Å². The van der Waals surface area contributed by atoms with Crippen LogP contribution in [0.4, 0.5) is 0 Å². The third-order valence-electron chi connectivity index (χ3n) is 3.10. The van der Waals surface area contributed by atoms with Crippen molar-refractivity contribution in [2.75, 3.05) is 21.3 Å². The Kier molecular flexibility index (Phi) is 4.19. The van der Waals surface area contributed by atoms with Gasteiger partial charge in [0.25, 0.3) is 0 Å². The highest BCUT2D eigenvalue weighted by Gasteiger charge is 2.42. The number of hydrogen-bond acceptors (Lipinski definition) is 4. The smallest absolute Gasteiger partial charge is 0.203 e. The minimum Gasteiger partial charge on any atom is -0.493 e. The Morgan fingerprint density at radius 1 is 1.11 bits per heavy atom. The van der Waals surface area contributed by atoms with Gasteiger partial charge in [-0.2, -0.15) is 0 Å². The number of rotatable bonds is 5. The zero-order chi connectivity index (χ0) is 13.1. The van der Waals surface area contributed by atoms with Crippen molar-refractivity contribution in [3.63, 3.8) is 0 Å². The maximum Gasteiger partial charge on any atom is 0.203 e. The van der Waals surface area contributed by atoms with E-state index in [0.717, 1.165) is 6.42 Å². The Balaban J connectivity index is 2.18.